The molecule has 0 nitrogen and oxygen atoms in total. The molecule has 4 aromatic carbocycles. The van der Waals surface area contributed by atoms with Crippen LogP contribution in [0.25, 0.3) is 34.4 Å². The second-order valence-corrected chi connectivity index (χ2v) is 19.5. The Morgan fingerprint density at radius 3 is 1.12 bits per heavy atom. The van der Waals surface area contributed by atoms with E-state index >= 15 is 0 Å². The summed E-state index contributed by atoms with van der Waals surface area (Å²) < 4.78 is 249. The van der Waals surface area contributed by atoms with Crippen molar-refractivity contribution in [1.29, 1.82) is 0 Å². The third-order valence-electron chi connectivity index (χ3n) is 12.3. The van der Waals surface area contributed by atoms with Crippen molar-refractivity contribution in [2.45, 2.75) is 87.7 Å². The van der Waals surface area contributed by atoms with E-state index in [2.05, 4.69) is 0 Å². The molecule has 0 saturated heterocycles. The molecule has 0 heterocycles. The predicted octanol–water partition coefficient (Wildman–Crippen LogP) is 9.75. The molecule has 2 unspecified atom stereocenters. The molecule has 65 heavy (non-hydrogen) atoms. The second kappa shape index (κ2) is 17.6. The molecule has 0 radical (unpaired) electrons. The molecule has 0 amide bonds. The molecule has 0 spiro atoms. The van der Waals surface area contributed by atoms with Gasteiger partial charge in [-0.25, -0.2) is 0 Å². The molecule has 350 valence electrons. The normalized spacial score (nSPS) is 18.6. The Labute approximate surface area is 382 Å². The summed E-state index contributed by atoms with van der Waals surface area (Å²) in [6.07, 6.45) is -33.5. The van der Waals surface area contributed by atoms with Crippen molar-refractivity contribution in [2.75, 3.05) is 0 Å². The first-order valence-electron chi connectivity index (χ1n) is 19.0. The van der Waals surface area contributed by atoms with Crippen LogP contribution in [0.1, 0.15) is 73.2 Å². The third kappa shape index (κ3) is 8.37. The van der Waals surface area contributed by atoms with E-state index in [1.54, 1.807) is 30.3 Å². The van der Waals surface area contributed by atoms with Crippen LogP contribution in [0, 0.1) is 5.92 Å². The summed E-state index contributed by atoms with van der Waals surface area (Å²) in [5, 5.41) is 0. The van der Waals surface area contributed by atoms with Crippen LogP contribution in [0.3, 0.4) is 0 Å². The van der Waals surface area contributed by atoms with Crippen LogP contribution in [-0.4, -0.2) is 37.1 Å². The van der Waals surface area contributed by atoms with Gasteiger partial charge in [0.2, 0.25) is 0 Å². The fourth-order valence-corrected chi connectivity index (χ4v) is 14.5. The average Bonchev–Trinajstić information content (AvgIpc) is 3.87. The third-order valence-corrected chi connectivity index (χ3v) is 17.4. The second-order valence-electron chi connectivity index (χ2n) is 15.8. The number of alkyl halides is 18. The van der Waals surface area contributed by atoms with E-state index in [1.165, 1.54) is 6.07 Å². The van der Waals surface area contributed by atoms with Crippen molar-refractivity contribution in [3.8, 4) is 22.3 Å². The zero-order chi connectivity index (χ0) is 46.5. The Morgan fingerprint density at radius 2 is 0.769 bits per heavy atom. The van der Waals surface area contributed by atoms with Gasteiger partial charge in [0.05, 0.1) is 0 Å². The van der Waals surface area contributed by atoms with Gasteiger partial charge in [0.15, 0.2) is 0 Å². The summed E-state index contributed by atoms with van der Waals surface area (Å²) in [6, 6.07) is 13.8. The molecule has 3 aliphatic rings. The van der Waals surface area contributed by atoms with E-state index in [1.807, 2.05) is 19.1 Å². The van der Waals surface area contributed by atoms with E-state index in [9.17, 15) is 79.0 Å². The van der Waals surface area contributed by atoms with Crippen LogP contribution in [0.2, 0.25) is 0 Å². The van der Waals surface area contributed by atoms with Crippen LogP contribution >= 0.6 is 0 Å². The molecular formula is C44H30Cl2F18Zr. The van der Waals surface area contributed by atoms with Crippen LogP contribution in [0.15, 0.2) is 96.1 Å². The Kier molecular flexibility index (Phi) is 14.2. The van der Waals surface area contributed by atoms with Gasteiger partial charge in [-0.05, 0) is 0 Å². The summed E-state index contributed by atoms with van der Waals surface area (Å²) in [5.41, 5.74) is -10.9. The van der Waals surface area contributed by atoms with Crippen molar-refractivity contribution in [3.05, 3.63) is 129 Å². The molecule has 2 atom stereocenters. The summed E-state index contributed by atoms with van der Waals surface area (Å²) in [5.74, 6) is 0.108. The fraction of sp³-hybridized carbons (Fsp3) is 0.364. The Bertz CT molecular complexity index is 2360. The number of rotatable bonds is 7. The van der Waals surface area contributed by atoms with Gasteiger partial charge < -0.3 is 24.8 Å². The van der Waals surface area contributed by atoms with Gasteiger partial charge in [-0.1, -0.05) is 0 Å². The van der Waals surface area contributed by atoms with Gasteiger partial charge in [-0.2, -0.15) is 0 Å². The first-order chi connectivity index (χ1) is 29.0. The number of benzene rings is 4. The van der Waals surface area contributed by atoms with E-state index in [0.717, 1.165) is 72.2 Å². The molecular weight excluding hydrogens is 1030 g/mol. The van der Waals surface area contributed by atoms with E-state index in [-0.39, 0.29) is 73.4 Å². The minimum Gasteiger partial charge on any atom is -1.00 e. The minimum atomic E-state index is -6.79. The summed E-state index contributed by atoms with van der Waals surface area (Å²) in [7, 11) is 0. The summed E-state index contributed by atoms with van der Waals surface area (Å²) in [4.78, 5) is 0. The maximum absolute atomic E-state index is 13.9. The summed E-state index contributed by atoms with van der Waals surface area (Å²) >= 11 is -1.80. The van der Waals surface area contributed by atoms with Gasteiger partial charge in [-0.15, -0.1) is 0 Å². The molecule has 0 aromatic heterocycles. The van der Waals surface area contributed by atoms with E-state index in [4.69, 9.17) is 0 Å². The van der Waals surface area contributed by atoms with Gasteiger partial charge in [0.1, 0.15) is 0 Å². The summed E-state index contributed by atoms with van der Waals surface area (Å²) in [6.45, 7) is 1.83. The monoisotopic (exact) mass is 1060 g/mol. The quantitative estimate of drug-likeness (QED) is 0.162. The minimum absolute atomic E-state index is 0. The van der Waals surface area contributed by atoms with E-state index < -0.39 is 82.2 Å². The smallest absolute Gasteiger partial charge is 1.00 e. The van der Waals surface area contributed by atoms with Crippen molar-refractivity contribution in [1.82, 2.24) is 0 Å². The Morgan fingerprint density at radius 1 is 0.431 bits per heavy atom. The molecule has 7 rings (SSSR count). The molecule has 21 heteroatoms. The molecule has 1 saturated carbocycles. The van der Waals surface area contributed by atoms with Crippen LogP contribution in [0.4, 0.5) is 79.0 Å². The zero-order valence-electron chi connectivity index (χ0n) is 32.9. The zero-order valence-corrected chi connectivity index (χ0v) is 36.8. The molecule has 0 bridgehead atoms. The van der Waals surface area contributed by atoms with Crippen molar-refractivity contribution < 1.29 is 127 Å². The molecule has 4 aromatic rings. The first-order valence-corrected chi connectivity index (χ1v) is 21.9. The van der Waals surface area contributed by atoms with Crippen LogP contribution in [0.5, 0.6) is 0 Å². The SMILES string of the molecule is CC1=Cc2c(-c3ccc(C(C(F)(F)F)(C(F)(F)F)C(F)(F)F)cc3)cccc2[CH]1[Zr+2][CH]1C(C2CCCC2)=Cc2c(-c3ccc(C(C(F)(F)F)(C(F)(F)F)C(F)(F)F)cc3)cccc21.[Cl-].[Cl-]. The van der Waals surface area contributed by atoms with Crippen LogP contribution < -0.4 is 24.8 Å². The predicted molar refractivity (Wildman–Crippen MR) is 193 cm³/mol. The standard InChI is InChI=1S/C24H18F9.C20H12F9.2ClH.Zr/c25-22(26,27)21(23(28,29)30,24(31,32)33)18-10-8-15(9-11-18)19-7-3-6-16-12-17(13-20(16)19)14-4-1-2-5-14;1-11-9-13-3-2-4-15(16(13)10-11)12-5-7-14(8-6-12)17(18(21,22)23,19(24,25)26)20(27,28)29;;;/h3,6-14H,1-2,4-5H2;2-10H,1H3;2*1H;/q;;;;+2/p-2. The van der Waals surface area contributed by atoms with E-state index in [0.29, 0.717) is 22.3 Å². The number of halogens is 20. The van der Waals surface area contributed by atoms with Crippen molar-refractivity contribution in [3.63, 3.8) is 0 Å². The number of hydrogen-bond donors (Lipinski definition) is 0. The van der Waals surface area contributed by atoms with Crippen molar-refractivity contribution >= 4 is 12.2 Å². The Balaban J connectivity index is 0.00000397. The Hall–Kier alpha value is -3.44. The van der Waals surface area contributed by atoms with Crippen molar-refractivity contribution in [2.24, 2.45) is 5.92 Å². The largest absolute Gasteiger partial charge is 1.00 e. The molecule has 1 fully saturated rings. The van der Waals surface area contributed by atoms with Crippen LogP contribution in [-0.2, 0) is 34.1 Å². The first kappa shape index (κ1) is 52.5. The molecule has 0 aliphatic heterocycles. The van der Waals surface area contributed by atoms with Gasteiger partial charge >= 0.3 is 360 Å². The number of allylic oxidation sites excluding steroid dienone is 2. The molecule has 0 N–H and O–H groups in total. The maximum atomic E-state index is 13.9. The van der Waals surface area contributed by atoms with Gasteiger partial charge in [-0.3, -0.25) is 0 Å². The van der Waals surface area contributed by atoms with Gasteiger partial charge in [0.25, 0.3) is 0 Å². The topological polar surface area (TPSA) is 0 Å². The maximum Gasteiger partial charge on any atom is -1.00 e. The number of hydrogen-bond acceptors (Lipinski definition) is 0. The number of fused-ring (bicyclic) bond motifs is 2. The van der Waals surface area contributed by atoms with Gasteiger partial charge in [0, 0.05) is 0 Å². The fourth-order valence-electron chi connectivity index (χ4n) is 9.41. The molecule has 3 aliphatic carbocycles. The average molecular weight is 1060 g/mol.